The zero-order valence-electron chi connectivity index (χ0n) is 36.3. The molecule has 2 aliphatic carbocycles. The van der Waals surface area contributed by atoms with E-state index in [1.165, 1.54) is 54.7 Å². The van der Waals surface area contributed by atoms with E-state index in [1.807, 2.05) is 0 Å². The number of likely N-dealkylation sites (N-methyl/N-ethyl adjacent to an activating group) is 1. The van der Waals surface area contributed by atoms with Crippen molar-refractivity contribution >= 4 is 39.1 Å². The van der Waals surface area contributed by atoms with E-state index >= 15 is 0 Å². The molecule has 64 heavy (non-hydrogen) atoms. The number of oxime groups is 1. The molecule has 3 aliphatic rings. The van der Waals surface area contributed by atoms with Crippen molar-refractivity contribution in [3.63, 3.8) is 0 Å². The predicted octanol–water partition coefficient (Wildman–Crippen LogP) is 6.82. The number of carbonyl (C=O) groups excluding carboxylic acids is 2. The summed E-state index contributed by atoms with van der Waals surface area (Å²) in [6, 6.07) is 15.7. The molecule has 3 aromatic carbocycles. The van der Waals surface area contributed by atoms with E-state index < -0.39 is 44.7 Å². The second-order valence-electron chi connectivity index (χ2n) is 16.1. The standard InChI is InChI=1S/C46H57N5O12S/c1-5-25-60-46-42(50(4)64(58,59)36-20-15-33(16-21-36)48-30(3)54)28-40(49-61-29-31-13-17-34(18-14-31)51(56)57)38-26-32(11-7-9-23-52)37(12-8-10-24-53)43(44(38)46)39-27-35(19-22-41(39)63-46)62-45(55)47-6-2/h5,13-22,26-27,32,37,42-44,52-53H,1,6-12,23-25,28-29H2,2-4H3,(H,47,55)(H,48,54). The minimum absolute atomic E-state index is 0.00682. The Hall–Kier alpha value is -5.66. The molecule has 1 heterocycles. The molecule has 0 bridgehead atoms. The van der Waals surface area contributed by atoms with Crippen LogP contribution in [0.1, 0.15) is 75.8 Å². The lowest BCUT2D eigenvalue weighted by molar-refractivity contribution is -0.384. The fraction of sp³-hybridized carbons (Fsp3) is 0.457. The highest BCUT2D eigenvalue weighted by Crippen LogP contribution is 2.62. The third kappa shape index (κ3) is 10.5. The average Bonchev–Trinajstić information content (AvgIpc) is 3.27. The van der Waals surface area contributed by atoms with E-state index in [0.717, 1.165) is 0 Å². The number of allylic oxidation sites excluding steroid dienone is 1. The first-order chi connectivity index (χ1) is 30.8. The third-order valence-electron chi connectivity index (χ3n) is 12.0. The second-order valence-corrected chi connectivity index (χ2v) is 18.1. The van der Waals surface area contributed by atoms with Crippen LogP contribution in [0.2, 0.25) is 0 Å². The van der Waals surface area contributed by atoms with E-state index in [4.69, 9.17) is 24.2 Å². The molecule has 4 N–H and O–H groups in total. The van der Waals surface area contributed by atoms with Gasteiger partial charge in [0, 0.05) is 69.5 Å². The number of non-ortho nitro benzene ring substituents is 1. The lowest BCUT2D eigenvalue weighted by Gasteiger charge is -2.59. The molecule has 0 aromatic heterocycles. The molecular weight excluding hydrogens is 847 g/mol. The number of sulfonamides is 1. The van der Waals surface area contributed by atoms with Crippen molar-refractivity contribution in [2.45, 2.75) is 88.0 Å². The summed E-state index contributed by atoms with van der Waals surface area (Å²) < 4.78 is 50.6. The number of nitro groups is 1. The highest BCUT2D eigenvalue weighted by Gasteiger charge is 2.65. The van der Waals surface area contributed by atoms with Gasteiger partial charge in [-0.2, -0.15) is 4.31 Å². The molecule has 344 valence electrons. The predicted molar refractivity (Wildman–Crippen MR) is 238 cm³/mol. The Morgan fingerprint density at radius 3 is 2.39 bits per heavy atom. The van der Waals surface area contributed by atoms with Gasteiger partial charge in [-0.1, -0.05) is 30.1 Å². The van der Waals surface area contributed by atoms with Gasteiger partial charge in [-0.15, -0.1) is 6.58 Å². The molecule has 0 spiro atoms. The molecule has 17 nitrogen and oxygen atoms in total. The van der Waals surface area contributed by atoms with Gasteiger partial charge in [0.1, 0.15) is 18.1 Å². The van der Waals surface area contributed by atoms with Gasteiger partial charge in [0.15, 0.2) is 0 Å². The number of hydrogen-bond donors (Lipinski definition) is 4. The summed E-state index contributed by atoms with van der Waals surface area (Å²) >= 11 is 0. The summed E-state index contributed by atoms with van der Waals surface area (Å²) in [5.74, 6) is -2.79. The van der Waals surface area contributed by atoms with Crippen molar-refractivity contribution < 1.29 is 52.2 Å². The Morgan fingerprint density at radius 1 is 1.05 bits per heavy atom. The van der Waals surface area contributed by atoms with Gasteiger partial charge in [-0.3, -0.25) is 14.9 Å². The summed E-state index contributed by atoms with van der Waals surface area (Å²) in [7, 11) is -2.87. The molecule has 18 heteroatoms. The molecule has 1 saturated carbocycles. The number of fused-ring (bicyclic) bond motifs is 2. The fourth-order valence-corrected chi connectivity index (χ4v) is 10.6. The van der Waals surface area contributed by atoms with Crippen LogP contribution in [0.15, 0.2) is 101 Å². The van der Waals surface area contributed by atoms with E-state index in [0.29, 0.717) is 78.9 Å². The number of ether oxygens (including phenoxy) is 3. The molecule has 6 rings (SSSR count). The average molecular weight is 904 g/mol. The van der Waals surface area contributed by atoms with Crippen molar-refractivity contribution in [3.05, 3.63) is 112 Å². The Morgan fingerprint density at radius 2 is 1.75 bits per heavy atom. The summed E-state index contributed by atoms with van der Waals surface area (Å²) in [5.41, 5.74) is 2.82. The number of unbranched alkanes of at least 4 members (excludes halogenated alkanes) is 2. The number of nitrogens with zero attached hydrogens (tertiary/aromatic N) is 3. The molecule has 2 amide bonds. The second kappa shape index (κ2) is 21.3. The molecule has 1 fully saturated rings. The van der Waals surface area contributed by atoms with Crippen molar-refractivity contribution in [1.82, 2.24) is 9.62 Å². The summed E-state index contributed by atoms with van der Waals surface area (Å²) in [6.07, 6.45) is 6.86. The molecule has 0 radical (unpaired) electrons. The van der Waals surface area contributed by atoms with Crippen LogP contribution >= 0.6 is 0 Å². The molecule has 3 aromatic rings. The zero-order chi connectivity index (χ0) is 46.0. The summed E-state index contributed by atoms with van der Waals surface area (Å²) in [6.45, 7) is 7.34. The van der Waals surface area contributed by atoms with Crippen LogP contribution in [-0.4, -0.2) is 90.8 Å². The molecule has 6 atom stereocenters. The monoisotopic (exact) mass is 903 g/mol. The van der Waals surface area contributed by atoms with Crippen LogP contribution in [0.3, 0.4) is 0 Å². The van der Waals surface area contributed by atoms with Crippen molar-refractivity contribution in [2.24, 2.45) is 22.9 Å². The lowest BCUT2D eigenvalue weighted by atomic mass is 9.55. The van der Waals surface area contributed by atoms with Crippen LogP contribution < -0.4 is 20.1 Å². The maximum absolute atomic E-state index is 14.8. The summed E-state index contributed by atoms with van der Waals surface area (Å²) in [4.78, 5) is 41.3. The maximum atomic E-state index is 14.8. The molecule has 1 aliphatic heterocycles. The van der Waals surface area contributed by atoms with Gasteiger partial charge >= 0.3 is 6.09 Å². The van der Waals surface area contributed by atoms with Crippen molar-refractivity contribution in [2.75, 3.05) is 38.7 Å². The minimum atomic E-state index is -4.33. The third-order valence-corrected chi connectivity index (χ3v) is 13.9. The highest BCUT2D eigenvalue weighted by molar-refractivity contribution is 7.89. The Bertz CT molecular complexity index is 2320. The van der Waals surface area contributed by atoms with Gasteiger partial charge in [-0.05, 0) is 110 Å². The number of aliphatic hydroxyl groups is 2. The highest BCUT2D eigenvalue weighted by atomic mass is 32.2. The number of aliphatic hydroxyl groups excluding tert-OH is 2. The van der Waals surface area contributed by atoms with E-state index in [2.05, 4.69) is 23.3 Å². The number of benzene rings is 3. The normalized spacial score (nSPS) is 22.9. The minimum Gasteiger partial charge on any atom is -0.460 e. The fourth-order valence-electron chi connectivity index (χ4n) is 9.20. The number of rotatable bonds is 21. The number of hydrogen-bond acceptors (Lipinski definition) is 13. The first-order valence-electron chi connectivity index (χ1n) is 21.5. The molecule has 0 saturated heterocycles. The number of nitro benzene ring substituents is 1. The number of amides is 2. The Labute approximate surface area is 373 Å². The largest absolute Gasteiger partial charge is 0.460 e. The van der Waals surface area contributed by atoms with Crippen molar-refractivity contribution in [3.8, 4) is 11.5 Å². The van der Waals surface area contributed by atoms with Gasteiger partial charge in [-0.25, -0.2) is 13.2 Å². The van der Waals surface area contributed by atoms with Gasteiger partial charge in [0.05, 0.1) is 34.1 Å². The van der Waals surface area contributed by atoms with Crippen LogP contribution in [-0.2, 0) is 31.0 Å². The molecular formula is C46H57N5O12S. The number of carbonyl (C=O) groups is 2. The maximum Gasteiger partial charge on any atom is 0.412 e. The zero-order valence-corrected chi connectivity index (χ0v) is 37.1. The van der Waals surface area contributed by atoms with Crippen LogP contribution in [0.5, 0.6) is 11.5 Å². The first kappa shape index (κ1) is 47.8. The van der Waals surface area contributed by atoms with Gasteiger partial charge < -0.3 is 39.9 Å². The number of anilines is 1. The quantitative estimate of drug-likeness (QED) is 0.0374. The van der Waals surface area contributed by atoms with E-state index in [-0.39, 0.29) is 66.9 Å². The van der Waals surface area contributed by atoms with Crippen LogP contribution in [0.4, 0.5) is 16.2 Å². The SMILES string of the molecule is C=CCOC12Oc3ccc(OC(=O)NCC)cc3C3C(CCCCO)C(CCCCO)C=C(C(=NOCc4ccc([N+](=O)[O-])cc4)CC1N(C)S(=O)(=O)c1ccc(NC(C)=O)cc1)C32. The van der Waals surface area contributed by atoms with Crippen LogP contribution in [0, 0.1) is 27.9 Å². The van der Waals surface area contributed by atoms with E-state index in [1.54, 1.807) is 43.3 Å². The smallest absolute Gasteiger partial charge is 0.412 e. The van der Waals surface area contributed by atoms with Crippen LogP contribution in [0.25, 0.3) is 0 Å². The molecule has 6 unspecified atom stereocenters. The summed E-state index contributed by atoms with van der Waals surface area (Å²) in [5, 5.41) is 41.1. The van der Waals surface area contributed by atoms with Gasteiger partial charge in [0.25, 0.3) is 5.69 Å². The topological polar surface area (TPSA) is 228 Å². The van der Waals surface area contributed by atoms with Crippen molar-refractivity contribution in [1.29, 1.82) is 0 Å². The number of nitrogens with one attached hydrogen (secondary N) is 2. The Balaban J connectivity index is 1.57. The van der Waals surface area contributed by atoms with Gasteiger partial charge in [0.2, 0.25) is 21.7 Å². The first-order valence-corrected chi connectivity index (χ1v) is 23.0. The Kier molecular flexibility index (Phi) is 15.9. The van der Waals surface area contributed by atoms with E-state index in [9.17, 15) is 38.3 Å². The lowest BCUT2D eigenvalue weighted by Crippen LogP contribution is -2.69.